The van der Waals surface area contributed by atoms with E-state index < -0.39 is 29.5 Å². The molecule has 31 heavy (non-hydrogen) atoms. The summed E-state index contributed by atoms with van der Waals surface area (Å²) in [4.78, 5) is 16.0. The summed E-state index contributed by atoms with van der Waals surface area (Å²) in [5, 5.41) is 2.64. The van der Waals surface area contributed by atoms with Gasteiger partial charge in [-0.1, -0.05) is 11.6 Å². The fraction of sp³-hybridized carbons (Fsp3) is 0.500. The maximum absolute atomic E-state index is 12.9. The number of carbonyl (C=O) groups excluding carboxylic acids is 1. The number of carbonyl (C=O) groups is 1. The molecule has 0 spiro atoms. The second-order valence-electron chi connectivity index (χ2n) is 7.71. The van der Waals surface area contributed by atoms with Gasteiger partial charge in [0.2, 0.25) is 0 Å². The van der Waals surface area contributed by atoms with Crippen LogP contribution >= 0.6 is 11.6 Å². The van der Waals surface area contributed by atoms with Crippen molar-refractivity contribution in [2.24, 2.45) is 5.92 Å². The quantitative estimate of drug-likeness (QED) is 0.571. The van der Waals surface area contributed by atoms with Crippen molar-refractivity contribution >= 4 is 17.5 Å². The number of nitrogens with zero attached hydrogens (tertiary/aromatic N) is 2. The Balaban J connectivity index is 1.57. The molecule has 1 aliphatic rings. The molecule has 0 aliphatic heterocycles. The standard InChI is InChI=1S/C20H20ClF6N3O/c1-11-28-17(20(25,26)27)10-30(11)9-12-2-5-14(6-3-12)29-18(31)15-8-13(19(22,23)24)4-7-16(15)21/h4,7-8,10,12,14H,2-3,5-6,9H2,1H3,(H,29,31). The zero-order valence-corrected chi connectivity index (χ0v) is 17.2. The number of aromatic nitrogens is 2. The topological polar surface area (TPSA) is 46.9 Å². The third kappa shape index (κ3) is 5.72. The molecule has 1 aromatic carbocycles. The minimum Gasteiger partial charge on any atom is -0.349 e. The van der Waals surface area contributed by atoms with Gasteiger partial charge in [0.15, 0.2) is 5.69 Å². The van der Waals surface area contributed by atoms with Gasteiger partial charge in [-0.05, 0) is 56.7 Å². The summed E-state index contributed by atoms with van der Waals surface area (Å²) in [5.74, 6) is -0.291. The normalized spacial score (nSPS) is 20.0. The van der Waals surface area contributed by atoms with Crippen molar-refractivity contribution < 1.29 is 31.1 Å². The number of amides is 1. The number of rotatable bonds is 4. The van der Waals surface area contributed by atoms with Crippen molar-refractivity contribution in [3.63, 3.8) is 0 Å². The molecule has 0 unspecified atom stereocenters. The summed E-state index contributed by atoms with van der Waals surface area (Å²) in [7, 11) is 0. The molecule has 0 bridgehead atoms. The molecular formula is C20H20ClF6N3O. The summed E-state index contributed by atoms with van der Waals surface area (Å²) in [5.41, 5.74) is -2.13. The fourth-order valence-electron chi connectivity index (χ4n) is 3.74. The minimum atomic E-state index is -4.59. The minimum absolute atomic E-state index is 0.0739. The highest BCUT2D eigenvalue weighted by Crippen LogP contribution is 2.33. The third-order valence-electron chi connectivity index (χ3n) is 5.44. The molecule has 1 N–H and O–H groups in total. The van der Waals surface area contributed by atoms with E-state index in [1.807, 2.05) is 0 Å². The van der Waals surface area contributed by atoms with E-state index in [1.54, 1.807) is 0 Å². The average Bonchev–Trinajstić information content (AvgIpc) is 3.03. The highest BCUT2D eigenvalue weighted by molar-refractivity contribution is 6.33. The van der Waals surface area contributed by atoms with Crippen LogP contribution in [0.3, 0.4) is 0 Å². The first-order chi connectivity index (χ1) is 14.3. The van der Waals surface area contributed by atoms with Crippen LogP contribution in [0.25, 0.3) is 0 Å². The Morgan fingerprint density at radius 3 is 2.32 bits per heavy atom. The maximum Gasteiger partial charge on any atom is 0.434 e. The predicted molar refractivity (Wildman–Crippen MR) is 102 cm³/mol. The summed E-state index contributed by atoms with van der Waals surface area (Å²) in [6.45, 7) is 1.90. The largest absolute Gasteiger partial charge is 0.434 e. The lowest BCUT2D eigenvalue weighted by Crippen LogP contribution is -2.38. The lowest BCUT2D eigenvalue weighted by atomic mass is 9.85. The lowest BCUT2D eigenvalue weighted by molar-refractivity contribution is -0.141. The van der Waals surface area contributed by atoms with Gasteiger partial charge in [-0.3, -0.25) is 4.79 Å². The number of hydrogen-bond donors (Lipinski definition) is 1. The zero-order chi connectivity index (χ0) is 23.0. The van der Waals surface area contributed by atoms with Gasteiger partial charge in [-0.15, -0.1) is 0 Å². The lowest BCUT2D eigenvalue weighted by Gasteiger charge is -2.29. The van der Waals surface area contributed by atoms with Crippen LogP contribution in [-0.2, 0) is 18.9 Å². The van der Waals surface area contributed by atoms with Crippen LogP contribution in [0.1, 0.15) is 53.1 Å². The van der Waals surface area contributed by atoms with Gasteiger partial charge in [-0.25, -0.2) is 4.98 Å². The van der Waals surface area contributed by atoms with Crippen molar-refractivity contribution in [1.29, 1.82) is 0 Å². The number of hydrogen-bond acceptors (Lipinski definition) is 2. The number of aryl methyl sites for hydroxylation is 1. The Kier molecular flexibility index (Phi) is 6.59. The molecule has 0 saturated heterocycles. The Bertz CT molecular complexity index is 945. The number of imidazole rings is 1. The molecule has 1 heterocycles. The highest BCUT2D eigenvalue weighted by atomic mass is 35.5. The van der Waals surface area contributed by atoms with Gasteiger partial charge >= 0.3 is 12.4 Å². The molecule has 1 saturated carbocycles. The molecule has 1 aromatic heterocycles. The van der Waals surface area contributed by atoms with E-state index in [2.05, 4.69) is 10.3 Å². The van der Waals surface area contributed by atoms with Gasteiger partial charge in [0.1, 0.15) is 5.82 Å². The highest BCUT2D eigenvalue weighted by Gasteiger charge is 2.35. The van der Waals surface area contributed by atoms with Gasteiger partial charge in [0, 0.05) is 18.8 Å². The van der Waals surface area contributed by atoms with E-state index >= 15 is 0 Å². The van der Waals surface area contributed by atoms with Crippen molar-refractivity contribution in [2.75, 3.05) is 0 Å². The molecule has 1 aliphatic carbocycles. The van der Waals surface area contributed by atoms with Gasteiger partial charge in [0.05, 0.1) is 16.1 Å². The molecular weight excluding hydrogens is 448 g/mol. The molecule has 4 nitrogen and oxygen atoms in total. The van der Waals surface area contributed by atoms with Crippen LogP contribution in [0.4, 0.5) is 26.3 Å². The molecule has 2 aromatic rings. The predicted octanol–water partition coefficient (Wildman–Crippen LogP) is 5.87. The van der Waals surface area contributed by atoms with E-state index in [1.165, 1.54) is 11.5 Å². The molecule has 11 heteroatoms. The first-order valence-electron chi connectivity index (χ1n) is 9.63. The Morgan fingerprint density at radius 1 is 1.13 bits per heavy atom. The first kappa shape index (κ1) is 23.4. The van der Waals surface area contributed by atoms with E-state index in [0.717, 1.165) is 24.4 Å². The van der Waals surface area contributed by atoms with Crippen LogP contribution in [-0.4, -0.2) is 21.5 Å². The summed E-state index contributed by atoms with van der Waals surface area (Å²) in [6, 6.07) is 2.33. The summed E-state index contributed by atoms with van der Waals surface area (Å²) in [6.07, 6.45) is -5.66. The Labute approximate surface area is 179 Å². The van der Waals surface area contributed by atoms with Gasteiger partial charge in [-0.2, -0.15) is 26.3 Å². The molecule has 1 fully saturated rings. The smallest absolute Gasteiger partial charge is 0.349 e. The molecule has 170 valence electrons. The van der Waals surface area contributed by atoms with Crippen molar-refractivity contribution in [2.45, 2.75) is 57.5 Å². The monoisotopic (exact) mass is 467 g/mol. The first-order valence-corrected chi connectivity index (χ1v) is 10.0. The molecule has 1 amide bonds. The van der Waals surface area contributed by atoms with E-state index in [-0.39, 0.29) is 28.4 Å². The SMILES string of the molecule is Cc1nc(C(F)(F)F)cn1CC1CCC(NC(=O)c2cc(C(F)(F)F)ccc2Cl)CC1. The fourth-order valence-corrected chi connectivity index (χ4v) is 3.94. The van der Waals surface area contributed by atoms with Gasteiger partial charge < -0.3 is 9.88 Å². The maximum atomic E-state index is 12.9. The molecule has 0 radical (unpaired) electrons. The van der Waals surface area contributed by atoms with Crippen molar-refractivity contribution in [3.8, 4) is 0 Å². The summed E-state index contributed by atoms with van der Waals surface area (Å²) >= 11 is 5.90. The number of nitrogens with one attached hydrogen (secondary N) is 1. The van der Waals surface area contributed by atoms with Crippen molar-refractivity contribution in [3.05, 3.63) is 52.1 Å². The molecule has 3 rings (SSSR count). The van der Waals surface area contributed by atoms with Gasteiger partial charge in [0.25, 0.3) is 5.91 Å². The Morgan fingerprint density at radius 2 is 1.77 bits per heavy atom. The van der Waals surface area contributed by atoms with Crippen molar-refractivity contribution in [1.82, 2.24) is 14.9 Å². The van der Waals surface area contributed by atoms with Crippen LogP contribution in [0.15, 0.2) is 24.4 Å². The number of halogens is 7. The summed E-state index contributed by atoms with van der Waals surface area (Å²) < 4.78 is 78.6. The van der Waals surface area contributed by atoms with Crippen LogP contribution in [0.2, 0.25) is 5.02 Å². The third-order valence-corrected chi connectivity index (χ3v) is 5.77. The van der Waals surface area contributed by atoms with E-state index in [4.69, 9.17) is 11.6 Å². The average molecular weight is 468 g/mol. The van der Waals surface area contributed by atoms with E-state index in [0.29, 0.717) is 32.2 Å². The van der Waals surface area contributed by atoms with Crippen LogP contribution < -0.4 is 5.32 Å². The molecule has 0 atom stereocenters. The number of benzene rings is 1. The Hall–Kier alpha value is -2.23. The second-order valence-corrected chi connectivity index (χ2v) is 8.11. The van der Waals surface area contributed by atoms with Crippen LogP contribution in [0.5, 0.6) is 0 Å². The van der Waals surface area contributed by atoms with E-state index in [9.17, 15) is 31.1 Å². The van der Waals surface area contributed by atoms with Crippen LogP contribution in [0, 0.1) is 12.8 Å². The zero-order valence-electron chi connectivity index (χ0n) is 16.4. The number of alkyl halides is 6. The second kappa shape index (κ2) is 8.72.